The van der Waals surface area contributed by atoms with Gasteiger partial charge in [0, 0.05) is 30.4 Å². The quantitative estimate of drug-likeness (QED) is 0.552. The van der Waals surface area contributed by atoms with Crippen LogP contribution in [0.2, 0.25) is 0 Å². The summed E-state index contributed by atoms with van der Waals surface area (Å²) in [5, 5.41) is 10.9. The van der Waals surface area contributed by atoms with Crippen LogP contribution in [0.3, 0.4) is 0 Å². The molecule has 0 spiro atoms. The Hall–Kier alpha value is -3.07. The molecule has 2 heterocycles. The Bertz CT molecular complexity index is 871. The van der Waals surface area contributed by atoms with Crippen LogP contribution in [0.15, 0.2) is 48.1 Å². The highest BCUT2D eigenvalue weighted by Gasteiger charge is 2.12. The first kappa shape index (κ1) is 17.7. The summed E-state index contributed by atoms with van der Waals surface area (Å²) in [4.78, 5) is 20.0. The van der Waals surface area contributed by atoms with Gasteiger partial charge < -0.3 is 16.0 Å². The van der Waals surface area contributed by atoms with Crippen molar-refractivity contribution >= 4 is 33.9 Å². The zero-order valence-electron chi connectivity index (χ0n) is 13.5. The summed E-state index contributed by atoms with van der Waals surface area (Å²) < 4.78 is 26.9. The predicted octanol–water partition coefficient (Wildman–Crippen LogP) is 3.40. The SMILES string of the molecule is O=C(NCCNc1ccc(F)cn1)c1ccc(Nc2nccs2)cc1F. The Morgan fingerprint density at radius 1 is 1.12 bits per heavy atom. The number of amides is 1. The molecule has 134 valence electrons. The zero-order chi connectivity index (χ0) is 18.4. The number of pyridine rings is 1. The first-order valence-corrected chi connectivity index (χ1v) is 8.59. The topological polar surface area (TPSA) is 78.9 Å². The molecule has 0 aliphatic carbocycles. The number of anilines is 3. The van der Waals surface area contributed by atoms with E-state index in [2.05, 4.69) is 25.9 Å². The Balaban J connectivity index is 1.50. The van der Waals surface area contributed by atoms with Gasteiger partial charge in [0.25, 0.3) is 5.91 Å². The monoisotopic (exact) mass is 375 g/mol. The number of hydrogen-bond donors (Lipinski definition) is 3. The second-order valence-corrected chi connectivity index (χ2v) is 6.10. The molecule has 0 atom stereocenters. The summed E-state index contributed by atoms with van der Waals surface area (Å²) in [7, 11) is 0. The molecular formula is C17H15F2N5OS. The molecule has 0 aliphatic heterocycles. The van der Waals surface area contributed by atoms with Crippen molar-refractivity contribution in [3.05, 3.63) is 65.3 Å². The lowest BCUT2D eigenvalue weighted by Gasteiger charge is -2.09. The molecule has 0 fully saturated rings. The van der Waals surface area contributed by atoms with E-state index in [4.69, 9.17) is 0 Å². The van der Waals surface area contributed by atoms with Gasteiger partial charge in [-0.2, -0.15) is 0 Å². The fraction of sp³-hybridized carbons (Fsp3) is 0.118. The van der Waals surface area contributed by atoms with Crippen LogP contribution >= 0.6 is 11.3 Å². The summed E-state index contributed by atoms with van der Waals surface area (Å²) in [6, 6.07) is 7.04. The van der Waals surface area contributed by atoms with Crippen molar-refractivity contribution in [2.24, 2.45) is 0 Å². The van der Waals surface area contributed by atoms with E-state index in [1.54, 1.807) is 17.6 Å². The summed E-state index contributed by atoms with van der Waals surface area (Å²) in [6.45, 7) is 0.631. The molecule has 2 aromatic heterocycles. The molecule has 0 aliphatic rings. The second kappa shape index (κ2) is 8.34. The predicted molar refractivity (Wildman–Crippen MR) is 96.8 cm³/mol. The first-order chi connectivity index (χ1) is 12.6. The van der Waals surface area contributed by atoms with E-state index >= 15 is 0 Å². The van der Waals surface area contributed by atoms with Crippen molar-refractivity contribution in [1.29, 1.82) is 0 Å². The van der Waals surface area contributed by atoms with Gasteiger partial charge in [-0.3, -0.25) is 4.79 Å². The average Bonchev–Trinajstić information content (AvgIpc) is 3.13. The largest absolute Gasteiger partial charge is 0.368 e. The van der Waals surface area contributed by atoms with Crippen LogP contribution in [-0.2, 0) is 0 Å². The number of nitrogens with zero attached hydrogens (tertiary/aromatic N) is 2. The third kappa shape index (κ3) is 4.73. The van der Waals surface area contributed by atoms with E-state index in [-0.39, 0.29) is 12.1 Å². The minimum Gasteiger partial charge on any atom is -0.368 e. The maximum absolute atomic E-state index is 14.2. The smallest absolute Gasteiger partial charge is 0.254 e. The lowest BCUT2D eigenvalue weighted by atomic mass is 10.2. The molecule has 1 aromatic carbocycles. The van der Waals surface area contributed by atoms with E-state index in [1.165, 1.54) is 35.6 Å². The van der Waals surface area contributed by atoms with Gasteiger partial charge in [0.2, 0.25) is 0 Å². The Morgan fingerprint density at radius 3 is 2.69 bits per heavy atom. The number of carbonyl (C=O) groups is 1. The molecule has 3 aromatic rings. The normalized spacial score (nSPS) is 10.4. The summed E-state index contributed by atoms with van der Waals surface area (Å²) in [6.07, 6.45) is 2.73. The summed E-state index contributed by atoms with van der Waals surface area (Å²) in [5.74, 6) is -1.08. The van der Waals surface area contributed by atoms with E-state index < -0.39 is 17.5 Å². The highest BCUT2D eigenvalue weighted by molar-refractivity contribution is 7.13. The van der Waals surface area contributed by atoms with E-state index in [9.17, 15) is 13.6 Å². The second-order valence-electron chi connectivity index (χ2n) is 5.20. The van der Waals surface area contributed by atoms with E-state index in [0.717, 1.165) is 6.20 Å². The fourth-order valence-electron chi connectivity index (χ4n) is 2.13. The molecule has 0 saturated carbocycles. The molecule has 3 N–H and O–H groups in total. The standard InChI is InChI=1S/C17H15F2N5OS/c18-11-1-4-15(23-10-11)20-5-6-21-16(25)13-3-2-12(9-14(13)19)24-17-22-7-8-26-17/h1-4,7-10H,5-6H2,(H,20,23)(H,21,25)(H,22,24). The van der Waals surface area contributed by atoms with Crippen molar-refractivity contribution in [1.82, 2.24) is 15.3 Å². The Kier molecular flexibility index (Phi) is 5.69. The Morgan fingerprint density at radius 2 is 2.00 bits per heavy atom. The molecule has 1 amide bonds. The maximum Gasteiger partial charge on any atom is 0.254 e. The number of hydrogen-bond acceptors (Lipinski definition) is 6. The van der Waals surface area contributed by atoms with Crippen LogP contribution in [0, 0.1) is 11.6 Å². The molecule has 0 saturated heterocycles. The fourth-order valence-corrected chi connectivity index (χ4v) is 2.68. The summed E-state index contributed by atoms with van der Waals surface area (Å²) in [5.41, 5.74) is 0.465. The molecular weight excluding hydrogens is 360 g/mol. The first-order valence-electron chi connectivity index (χ1n) is 7.71. The zero-order valence-corrected chi connectivity index (χ0v) is 14.3. The van der Waals surface area contributed by atoms with Gasteiger partial charge in [-0.05, 0) is 30.3 Å². The van der Waals surface area contributed by atoms with E-state index in [1.807, 2.05) is 0 Å². The number of aromatic nitrogens is 2. The lowest BCUT2D eigenvalue weighted by molar-refractivity contribution is 0.0951. The van der Waals surface area contributed by atoms with Crippen LogP contribution in [0.25, 0.3) is 0 Å². The third-order valence-corrected chi connectivity index (χ3v) is 4.03. The minimum atomic E-state index is -0.628. The van der Waals surface area contributed by atoms with Crippen molar-refractivity contribution in [2.45, 2.75) is 0 Å². The minimum absolute atomic E-state index is 0.0467. The van der Waals surface area contributed by atoms with Crippen LogP contribution in [0.5, 0.6) is 0 Å². The molecule has 6 nitrogen and oxygen atoms in total. The van der Waals surface area contributed by atoms with Gasteiger partial charge in [0.15, 0.2) is 5.13 Å². The van der Waals surface area contributed by atoms with Gasteiger partial charge in [-0.1, -0.05) is 0 Å². The van der Waals surface area contributed by atoms with Crippen LogP contribution in [0.4, 0.5) is 25.4 Å². The number of nitrogens with one attached hydrogen (secondary N) is 3. The van der Waals surface area contributed by atoms with Crippen molar-refractivity contribution < 1.29 is 13.6 Å². The lowest BCUT2D eigenvalue weighted by Crippen LogP contribution is -2.29. The highest BCUT2D eigenvalue weighted by atomic mass is 32.1. The van der Waals surface area contributed by atoms with Gasteiger partial charge >= 0.3 is 0 Å². The molecule has 0 unspecified atom stereocenters. The number of halogens is 2. The number of rotatable bonds is 7. The van der Waals surface area contributed by atoms with Gasteiger partial charge in [-0.15, -0.1) is 11.3 Å². The van der Waals surface area contributed by atoms with Crippen LogP contribution < -0.4 is 16.0 Å². The van der Waals surface area contributed by atoms with E-state index in [0.29, 0.717) is 23.2 Å². The third-order valence-electron chi connectivity index (χ3n) is 3.34. The van der Waals surface area contributed by atoms with Gasteiger partial charge in [0.1, 0.15) is 17.5 Å². The molecule has 0 bridgehead atoms. The highest BCUT2D eigenvalue weighted by Crippen LogP contribution is 2.21. The van der Waals surface area contributed by atoms with Gasteiger partial charge in [0.05, 0.1) is 11.8 Å². The average molecular weight is 375 g/mol. The molecule has 3 rings (SSSR count). The van der Waals surface area contributed by atoms with Crippen LogP contribution in [-0.4, -0.2) is 29.0 Å². The number of benzene rings is 1. The van der Waals surface area contributed by atoms with Gasteiger partial charge in [-0.25, -0.2) is 18.7 Å². The maximum atomic E-state index is 14.2. The van der Waals surface area contributed by atoms with Crippen molar-refractivity contribution in [3.8, 4) is 0 Å². The van der Waals surface area contributed by atoms with Crippen LogP contribution in [0.1, 0.15) is 10.4 Å². The Labute approximate surface area is 152 Å². The molecule has 0 radical (unpaired) electrons. The molecule has 9 heteroatoms. The van der Waals surface area contributed by atoms with Crippen molar-refractivity contribution in [2.75, 3.05) is 23.7 Å². The number of thiazole rings is 1. The summed E-state index contributed by atoms with van der Waals surface area (Å²) >= 11 is 1.39. The molecule has 26 heavy (non-hydrogen) atoms. The number of carbonyl (C=O) groups excluding carboxylic acids is 1. The van der Waals surface area contributed by atoms with Crippen molar-refractivity contribution in [3.63, 3.8) is 0 Å².